The predicted molar refractivity (Wildman–Crippen MR) is 63.4 cm³/mol. The molecule has 0 radical (unpaired) electrons. The smallest absolute Gasteiger partial charge is 0.251 e. The lowest BCUT2D eigenvalue weighted by Gasteiger charge is -2.09. The van der Waals surface area contributed by atoms with Crippen LogP contribution in [0.2, 0.25) is 0 Å². The molecule has 1 unspecified atom stereocenters. The van der Waals surface area contributed by atoms with E-state index in [0.29, 0.717) is 24.6 Å². The first-order chi connectivity index (χ1) is 8.29. The molecule has 0 saturated carbocycles. The maximum Gasteiger partial charge on any atom is 0.251 e. The quantitative estimate of drug-likeness (QED) is 0.787. The van der Waals surface area contributed by atoms with E-state index >= 15 is 0 Å². The van der Waals surface area contributed by atoms with Gasteiger partial charge in [-0.2, -0.15) is 0 Å². The van der Waals surface area contributed by atoms with Gasteiger partial charge in [-0.25, -0.2) is 0 Å². The van der Waals surface area contributed by atoms with E-state index in [2.05, 4.69) is 10.3 Å². The molecule has 5 heteroatoms. The van der Waals surface area contributed by atoms with Crippen molar-refractivity contribution in [1.29, 1.82) is 0 Å². The van der Waals surface area contributed by atoms with Gasteiger partial charge in [-0.05, 0) is 18.6 Å². The van der Waals surface area contributed by atoms with E-state index in [9.17, 15) is 4.79 Å². The summed E-state index contributed by atoms with van der Waals surface area (Å²) in [6.45, 7) is 2.55. The minimum Gasteiger partial charge on any atom is -0.381 e. The molecule has 1 aromatic rings. The normalized spacial score (nSPS) is 19.2. The molecule has 0 aromatic carbocycles. The standard InChI is InChI=1S/C12H17N3O2/c13-6-11-5-10(1-3-14-11)12(16)15-7-9-2-4-17-8-9/h1,3,5,9H,2,4,6-8,13H2,(H,15,16). The monoisotopic (exact) mass is 235 g/mol. The van der Waals surface area contributed by atoms with Crippen molar-refractivity contribution in [2.75, 3.05) is 19.8 Å². The molecule has 0 bridgehead atoms. The molecule has 17 heavy (non-hydrogen) atoms. The molecule has 0 aliphatic carbocycles. The van der Waals surface area contributed by atoms with E-state index in [-0.39, 0.29) is 5.91 Å². The number of ether oxygens (including phenoxy) is 1. The SMILES string of the molecule is NCc1cc(C(=O)NCC2CCOC2)ccn1. The van der Waals surface area contributed by atoms with E-state index in [0.717, 1.165) is 25.3 Å². The van der Waals surface area contributed by atoms with Gasteiger partial charge in [-0.15, -0.1) is 0 Å². The molecule has 1 amide bonds. The Morgan fingerprint density at radius 1 is 1.65 bits per heavy atom. The summed E-state index contributed by atoms with van der Waals surface area (Å²) in [7, 11) is 0. The number of amides is 1. The Labute approximate surface area is 100 Å². The summed E-state index contributed by atoms with van der Waals surface area (Å²) in [6, 6.07) is 3.42. The molecule has 1 atom stereocenters. The van der Waals surface area contributed by atoms with Crippen LogP contribution in [0.15, 0.2) is 18.3 Å². The van der Waals surface area contributed by atoms with Crippen LogP contribution in [-0.2, 0) is 11.3 Å². The van der Waals surface area contributed by atoms with E-state index in [1.807, 2.05) is 0 Å². The average molecular weight is 235 g/mol. The van der Waals surface area contributed by atoms with Gasteiger partial charge in [0.15, 0.2) is 0 Å². The Balaban J connectivity index is 1.89. The van der Waals surface area contributed by atoms with Gasteiger partial charge in [0.2, 0.25) is 0 Å². The number of nitrogens with zero attached hydrogens (tertiary/aromatic N) is 1. The minimum atomic E-state index is -0.0750. The molecule has 1 fully saturated rings. The first-order valence-electron chi connectivity index (χ1n) is 5.80. The Bertz CT molecular complexity index is 389. The molecule has 5 nitrogen and oxygen atoms in total. The Morgan fingerprint density at radius 3 is 3.24 bits per heavy atom. The maximum absolute atomic E-state index is 11.8. The van der Waals surface area contributed by atoms with Crippen molar-refractivity contribution in [2.45, 2.75) is 13.0 Å². The van der Waals surface area contributed by atoms with Crippen molar-refractivity contribution in [1.82, 2.24) is 10.3 Å². The van der Waals surface area contributed by atoms with Gasteiger partial charge in [0.25, 0.3) is 5.91 Å². The first-order valence-corrected chi connectivity index (χ1v) is 5.80. The van der Waals surface area contributed by atoms with Crippen molar-refractivity contribution in [3.63, 3.8) is 0 Å². The van der Waals surface area contributed by atoms with Gasteiger partial charge < -0.3 is 15.8 Å². The number of hydrogen-bond donors (Lipinski definition) is 2. The molecule has 1 aliphatic heterocycles. The third-order valence-corrected chi connectivity index (χ3v) is 2.86. The van der Waals surface area contributed by atoms with Crippen LogP contribution in [0, 0.1) is 5.92 Å². The van der Waals surface area contributed by atoms with E-state index in [4.69, 9.17) is 10.5 Å². The molecular weight excluding hydrogens is 218 g/mol. The van der Waals surface area contributed by atoms with Crippen molar-refractivity contribution < 1.29 is 9.53 Å². The van der Waals surface area contributed by atoms with Crippen LogP contribution in [0.1, 0.15) is 22.5 Å². The van der Waals surface area contributed by atoms with Gasteiger partial charge in [-0.1, -0.05) is 0 Å². The molecule has 1 aliphatic rings. The fourth-order valence-corrected chi connectivity index (χ4v) is 1.81. The largest absolute Gasteiger partial charge is 0.381 e. The lowest BCUT2D eigenvalue weighted by Crippen LogP contribution is -2.29. The fraction of sp³-hybridized carbons (Fsp3) is 0.500. The number of carbonyl (C=O) groups excluding carboxylic acids is 1. The van der Waals surface area contributed by atoms with Crippen molar-refractivity contribution in [3.05, 3.63) is 29.6 Å². The molecule has 92 valence electrons. The molecule has 0 spiro atoms. The molecule has 3 N–H and O–H groups in total. The number of rotatable bonds is 4. The summed E-state index contributed by atoms with van der Waals surface area (Å²) in [5.41, 5.74) is 6.82. The molecule has 2 rings (SSSR count). The predicted octanol–water partition coefficient (Wildman–Crippen LogP) is 0.307. The lowest BCUT2D eigenvalue weighted by atomic mass is 10.1. The van der Waals surface area contributed by atoms with Gasteiger partial charge in [0.1, 0.15) is 0 Å². The average Bonchev–Trinajstić information content (AvgIpc) is 2.89. The van der Waals surface area contributed by atoms with Crippen molar-refractivity contribution >= 4 is 5.91 Å². The van der Waals surface area contributed by atoms with Crippen LogP contribution in [0.4, 0.5) is 0 Å². The van der Waals surface area contributed by atoms with Crippen LogP contribution < -0.4 is 11.1 Å². The first kappa shape index (κ1) is 12.0. The zero-order valence-corrected chi connectivity index (χ0v) is 9.69. The summed E-state index contributed by atoms with van der Waals surface area (Å²) in [6.07, 6.45) is 2.63. The molecule has 2 heterocycles. The number of nitrogens with one attached hydrogen (secondary N) is 1. The second kappa shape index (κ2) is 5.75. The van der Waals surface area contributed by atoms with Gasteiger partial charge in [-0.3, -0.25) is 9.78 Å². The van der Waals surface area contributed by atoms with Gasteiger partial charge in [0, 0.05) is 37.4 Å². The summed E-state index contributed by atoms with van der Waals surface area (Å²) in [4.78, 5) is 15.9. The summed E-state index contributed by atoms with van der Waals surface area (Å²) < 4.78 is 5.25. The highest BCUT2D eigenvalue weighted by Gasteiger charge is 2.16. The number of nitrogens with two attached hydrogens (primary N) is 1. The molecular formula is C12H17N3O2. The van der Waals surface area contributed by atoms with Crippen molar-refractivity contribution in [2.24, 2.45) is 11.7 Å². The third-order valence-electron chi connectivity index (χ3n) is 2.86. The fourth-order valence-electron chi connectivity index (χ4n) is 1.81. The second-order valence-corrected chi connectivity index (χ2v) is 4.18. The number of hydrogen-bond acceptors (Lipinski definition) is 4. The zero-order chi connectivity index (χ0) is 12.1. The topological polar surface area (TPSA) is 77.2 Å². The summed E-state index contributed by atoms with van der Waals surface area (Å²) in [5, 5.41) is 2.90. The van der Waals surface area contributed by atoms with Crippen LogP contribution in [-0.4, -0.2) is 30.6 Å². The van der Waals surface area contributed by atoms with Crippen LogP contribution in [0.25, 0.3) is 0 Å². The Hall–Kier alpha value is -1.46. The van der Waals surface area contributed by atoms with Crippen molar-refractivity contribution in [3.8, 4) is 0 Å². The highest BCUT2D eigenvalue weighted by atomic mass is 16.5. The Morgan fingerprint density at radius 2 is 2.53 bits per heavy atom. The molecule has 1 saturated heterocycles. The zero-order valence-electron chi connectivity index (χ0n) is 9.69. The minimum absolute atomic E-state index is 0.0750. The van der Waals surface area contributed by atoms with Crippen LogP contribution in [0.3, 0.4) is 0 Å². The highest BCUT2D eigenvalue weighted by Crippen LogP contribution is 2.11. The summed E-state index contributed by atoms with van der Waals surface area (Å²) in [5.74, 6) is 0.365. The Kier molecular flexibility index (Phi) is 4.06. The highest BCUT2D eigenvalue weighted by molar-refractivity contribution is 5.94. The van der Waals surface area contributed by atoms with E-state index < -0.39 is 0 Å². The van der Waals surface area contributed by atoms with E-state index in [1.54, 1.807) is 18.3 Å². The van der Waals surface area contributed by atoms with Gasteiger partial charge in [0.05, 0.1) is 12.3 Å². The van der Waals surface area contributed by atoms with Crippen LogP contribution in [0.5, 0.6) is 0 Å². The van der Waals surface area contributed by atoms with Gasteiger partial charge >= 0.3 is 0 Å². The van der Waals surface area contributed by atoms with Crippen LogP contribution >= 0.6 is 0 Å². The second-order valence-electron chi connectivity index (χ2n) is 4.18. The number of pyridine rings is 1. The maximum atomic E-state index is 11.8. The summed E-state index contributed by atoms with van der Waals surface area (Å²) >= 11 is 0. The number of carbonyl (C=O) groups is 1. The third kappa shape index (κ3) is 3.25. The van der Waals surface area contributed by atoms with E-state index in [1.165, 1.54) is 0 Å². The lowest BCUT2D eigenvalue weighted by molar-refractivity contribution is 0.0945. The molecule has 1 aromatic heterocycles. The number of aromatic nitrogens is 1.